The van der Waals surface area contributed by atoms with Crippen LogP contribution in [0.15, 0.2) is 25.6 Å². The number of amidine groups is 2. The van der Waals surface area contributed by atoms with Gasteiger partial charge in [-0.3, -0.25) is 0 Å². The Morgan fingerprint density at radius 2 is 1.83 bits per heavy atom. The van der Waals surface area contributed by atoms with Gasteiger partial charge in [0.05, 0.1) is 0 Å². The Hall–Kier alpha value is -2.19. The Labute approximate surface area is 67.0 Å². The van der Waals surface area contributed by atoms with Crippen molar-refractivity contribution >= 4 is 17.4 Å². The number of nitrogens with zero attached hydrogens (tertiary/aromatic N) is 5. The third-order valence-corrected chi connectivity index (χ3v) is 1.12. The van der Waals surface area contributed by atoms with Gasteiger partial charge in [-0.1, -0.05) is 5.22 Å². The Balaban J connectivity index is 3.11. The molecule has 12 heavy (non-hydrogen) atoms. The second-order valence-corrected chi connectivity index (χ2v) is 1.72. The van der Waals surface area contributed by atoms with Gasteiger partial charge in [-0.2, -0.15) is 15.3 Å². The third-order valence-electron chi connectivity index (χ3n) is 1.12. The molecule has 0 amide bonds. The zero-order chi connectivity index (χ0) is 8.97. The second-order valence-electron chi connectivity index (χ2n) is 1.72. The average molecular weight is 169 g/mol. The van der Waals surface area contributed by atoms with E-state index in [-0.39, 0.29) is 17.4 Å². The molecule has 0 fully saturated rings. The topological polar surface area (TPSA) is 152 Å². The van der Waals surface area contributed by atoms with Gasteiger partial charge < -0.3 is 17.5 Å². The van der Waals surface area contributed by atoms with E-state index in [9.17, 15) is 0 Å². The van der Waals surface area contributed by atoms with Crippen LogP contribution in [0.3, 0.4) is 0 Å². The number of nitrogens with one attached hydrogen (secondary N) is 1. The molecule has 0 aliphatic carbocycles. The van der Waals surface area contributed by atoms with Crippen molar-refractivity contribution in [3.63, 3.8) is 0 Å². The minimum absolute atomic E-state index is 0.0699. The molecule has 1 aliphatic heterocycles. The lowest BCUT2D eigenvalue weighted by Crippen LogP contribution is -2.38. The van der Waals surface area contributed by atoms with Gasteiger partial charge in [-0.05, 0) is 0 Å². The third kappa shape index (κ3) is 1.14. The van der Waals surface area contributed by atoms with E-state index < -0.39 is 0 Å². The van der Waals surface area contributed by atoms with Gasteiger partial charge in [-0.15, -0.1) is 5.11 Å². The van der Waals surface area contributed by atoms with E-state index in [0.29, 0.717) is 0 Å². The number of hydrogen-bond donors (Lipinski definition) is 4. The van der Waals surface area contributed by atoms with Crippen LogP contribution < -0.4 is 23.0 Å². The summed E-state index contributed by atoms with van der Waals surface area (Å²) < 4.78 is 0. The van der Waals surface area contributed by atoms with Gasteiger partial charge in [0, 0.05) is 0 Å². The standard InChI is InChI=1S/C3H7N9/c4-7-1-2(8-5)10-12-11-3(1)9-6/h4-6H2,(H,8,9,10,11). The highest BCUT2D eigenvalue weighted by Crippen LogP contribution is 1.93. The predicted molar refractivity (Wildman–Crippen MR) is 42.9 cm³/mol. The molecule has 0 aromatic carbocycles. The van der Waals surface area contributed by atoms with E-state index in [2.05, 4.69) is 31.1 Å². The summed E-state index contributed by atoms with van der Waals surface area (Å²) in [6.07, 6.45) is 0. The van der Waals surface area contributed by atoms with Crippen molar-refractivity contribution in [1.29, 1.82) is 0 Å². The molecule has 7 N–H and O–H groups in total. The summed E-state index contributed by atoms with van der Waals surface area (Å²) in [6.45, 7) is 0. The summed E-state index contributed by atoms with van der Waals surface area (Å²) in [4.78, 5) is 0. The number of rotatable bonds is 0. The van der Waals surface area contributed by atoms with Crippen molar-refractivity contribution in [3.8, 4) is 0 Å². The smallest absolute Gasteiger partial charge is 0.226 e. The van der Waals surface area contributed by atoms with Crippen molar-refractivity contribution < 1.29 is 0 Å². The number of hydrogen-bond acceptors (Lipinski definition) is 7. The SMILES string of the molecule is NN=C1N=NNC(=NN)C1=NN. The van der Waals surface area contributed by atoms with Crippen LogP contribution in [0.25, 0.3) is 0 Å². The summed E-state index contributed by atoms with van der Waals surface area (Å²) in [7, 11) is 0. The van der Waals surface area contributed by atoms with Gasteiger partial charge in [0.25, 0.3) is 0 Å². The second kappa shape index (κ2) is 3.27. The molecule has 0 spiro atoms. The first-order valence-electron chi connectivity index (χ1n) is 2.84. The van der Waals surface area contributed by atoms with Crippen LogP contribution in [-0.4, -0.2) is 17.4 Å². The maximum atomic E-state index is 5.01. The van der Waals surface area contributed by atoms with Crippen LogP contribution >= 0.6 is 0 Å². The minimum Gasteiger partial charge on any atom is -0.322 e. The summed E-state index contributed by atoms with van der Waals surface area (Å²) in [5.74, 6) is 15.2. The molecule has 1 rings (SSSR count). The summed E-state index contributed by atoms with van der Waals surface area (Å²) >= 11 is 0. The van der Waals surface area contributed by atoms with E-state index in [1.807, 2.05) is 0 Å². The first kappa shape index (κ1) is 7.91. The highest BCUT2D eigenvalue weighted by Gasteiger charge is 2.19. The monoisotopic (exact) mass is 169 g/mol. The molecule has 0 aromatic heterocycles. The van der Waals surface area contributed by atoms with Gasteiger partial charge in [0.15, 0.2) is 11.5 Å². The molecular formula is C3H7N9. The molecule has 0 saturated heterocycles. The van der Waals surface area contributed by atoms with Crippen molar-refractivity contribution in [2.75, 3.05) is 0 Å². The molecule has 9 heteroatoms. The summed E-state index contributed by atoms with van der Waals surface area (Å²) in [6, 6.07) is 0. The van der Waals surface area contributed by atoms with Crippen LogP contribution in [0.5, 0.6) is 0 Å². The summed E-state index contributed by atoms with van der Waals surface area (Å²) in [5.41, 5.74) is 2.53. The molecule has 1 aliphatic rings. The minimum atomic E-state index is 0.0699. The lowest BCUT2D eigenvalue weighted by molar-refractivity contribution is 0.912. The lowest BCUT2D eigenvalue weighted by atomic mass is 10.3. The first-order valence-corrected chi connectivity index (χ1v) is 2.84. The largest absolute Gasteiger partial charge is 0.322 e. The van der Waals surface area contributed by atoms with E-state index in [1.165, 1.54) is 0 Å². The molecule has 9 nitrogen and oxygen atoms in total. The Morgan fingerprint density at radius 3 is 2.33 bits per heavy atom. The Morgan fingerprint density at radius 1 is 1.08 bits per heavy atom. The van der Waals surface area contributed by atoms with Crippen LogP contribution in [0, 0.1) is 0 Å². The lowest BCUT2D eigenvalue weighted by Gasteiger charge is -2.08. The zero-order valence-corrected chi connectivity index (χ0v) is 5.97. The first-order chi connectivity index (χ1) is 5.83. The van der Waals surface area contributed by atoms with E-state index in [1.54, 1.807) is 0 Å². The molecule has 0 radical (unpaired) electrons. The van der Waals surface area contributed by atoms with E-state index >= 15 is 0 Å². The molecule has 0 unspecified atom stereocenters. The molecule has 0 bridgehead atoms. The number of nitrogens with two attached hydrogens (primary N) is 3. The van der Waals surface area contributed by atoms with Crippen LogP contribution in [0.1, 0.15) is 0 Å². The van der Waals surface area contributed by atoms with Gasteiger partial charge in [0.2, 0.25) is 5.84 Å². The van der Waals surface area contributed by atoms with Crippen LogP contribution in [-0.2, 0) is 0 Å². The highest BCUT2D eigenvalue weighted by molar-refractivity contribution is 6.68. The van der Waals surface area contributed by atoms with Crippen molar-refractivity contribution in [2.24, 2.45) is 43.2 Å². The molecule has 1 heterocycles. The van der Waals surface area contributed by atoms with Crippen molar-refractivity contribution in [2.45, 2.75) is 0 Å². The molecule has 0 saturated carbocycles. The normalized spacial score (nSPS) is 26.5. The maximum absolute atomic E-state index is 5.01. The van der Waals surface area contributed by atoms with Crippen molar-refractivity contribution in [1.82, 2.24) is 5.43 Å². The van der Waals surface area contributed by atoms with E-state index in [4.69, 9.17) is 17.5 Å². The predicted octanol–water partition coefficient (Wildman–Crippen LogP) is -2.18. The van der Waals surface area contributed by atoms with Gasteiger partial charge >= 0.3 is 0 Å². The highest BCUT2D eigenvalue weighted by atomic mass is 15.5. The van der Waals surface area contributed by atoms with E-state index in [0.717, 1.165) is 0 Å². The fourth-order valence-corrected chi connectivity index (χ4v) is 0.622. The quantitative estimate of drug-likeness (QED) is 0.240. The molecular weight excluding hydrogens is 162 g/mol. The van der Waals surface area contributed by atoms with Crippen LogP contribution in [0.2, 0.25) is 0 Å². The summed E-state index contributed by atoms with van der Waals surface area (Å²) in [5, 5.41) is 16.8. The van der Waals surface area contributed by atoms with Gasteiger partial charge in [-0.25, -0.2) is 5.43 Å². The molecule has 64 valence electrons. The molecule has 0 aromatic rings. The Bertz CT molecular complexity index is 282. The number of hydrazone groups is 3. The zero-order valence-electron chi connectivity index (χ0n) is 5.97. The van der Waals surface area contributed by atoms with Crippen molar-refractivity contribution in [3.05, 3.63) is 0 Å². The maximum Gasteiger partial charge on any atom is 0.226 e. The fraction of sp³-hybridized carbons (Fsp3) is 0. The molecule has 0 atom stereocenters. The van der Waals surface area contributed by atoms with Crippen LogP contribution in [0.4, 0.5) is 0 Å². The fourth-order valence-electron chi connectivity index (χ4n) is 0.622. The van der Waals surface area contributed by atoms with Gasteiger partial charge in [0.1, 0.15) is 0 Å². The average Bonchev–Trinajstić information content (AvgIpc) is 2.16. The Kier molecular flexibility index (Phi) is 2.16.